The number of urea groups is 1. The summed E-state index contributed by atoms with van der Waals surface area (Å²) in [5, 5.41) is 6.00. The second-order valence-electron chi connectivity index (χ2n) is 10.7. The van der Waals surface area contributed by atoms with Gasteiger partial charge in [-0.2, -0.15) is 0 Å². The minimum Gasteiger partial charge on any atom is -0.330 e. The van der Waals surface area contributed by atoms with Gasteiger partial charge in [0.1, 0.15) is 0 Å². The van der Waals surface area contributed by atoms with Crippen molar-refractivity contribution in [2.45, 2.75) is 43.2 Å². The van der Waals surface area contributed by atoms with Crippen molar-refractivity contribution in [3.8, 4) is 11.3 Å². The van der Waals surface area contributed by atoms with E-state index in [1.807, 2.05) is 24.3 Å². The molecule has 3 heterocycles. The standard InChI is InChI=1S/C29H30FN5O2/c1-34(2)29(19-7-4-3-5-8-19)13-11-28(12-14-29)18-35(27(37)33-28)25-17-31-24(16-22(25)30)20-9-6-10-23-21(20)15-26(36)32-23/h3-10,16-17H,11-15,18H2,1-2H3,(H,32,36)(H,33,37)/t28-,29+. The van der Waals surface area contributed by atoms with E-state index in [0.717, 1.165) is 42.5 Å². The third-order valence-electron chi connectivity index (χ3n) is 8.47. The number of nitrogens with one attached hydrogen (secondary N) is 2. The lowest BCUT2D eigenvalue weighted by Crippen LogP contribution is -2.54. The number of hydrogen-bond donors (Lipinski definition) is 2. The summed E-state index contributed by atoms with van der Waals surface area (Å²) in [6.45, 7) is 0.404. The van der Waals surface area contributed by atoms with Crippen LogP contribution >= 0.6 is 0 Å². The highest BCUT2D eigenvalue weighted by molar-refractivity contribution is 6.01. The lowest BCUT2D eigenvalue weighted by molar-refractivity contribution is -0.115. The Morgan fingerprint density at radius 1 is 1.00 bits per heavy atom. The summed E-state index contributed by atoms with van der Waals surface area (Å²) in [5.41, 5.74) is 3.68. The van der Waals surface area contributed by atoms with E-state index in [0.29, 0.717) is 12.2 Å². The fraction of sp³-hybridized carbons (Fsp3) is 0.345. The van der Waals surface area contributed by atoms with Gasteiger partial charge in [-0.1, -0.05) is 42.5 Å². The molecule has 2 aromatic carbocycles. The third kappa shape index (κ3) is 3.87. The molecule has 2 aliphatic heterocycles. The normalized spacial score (nSPS) is 24.9. The molecule has 2 fully saturated rings. The number of carbonyl (C=O) groups is 2. The van der Waals surface area contributed by atoms with Crippen LogP contribution in [0, 0.1) is 5.82 Å². The van der Waals surface area contributed by atoms with Gasteiger partial charge in [0.25, 0.3) is 0 Å². The predicted octanol–water partition coefficient (Wildman–Crippen LogP) is 4.68. The van der Waals surface area contributed by atoms with Gasteiger partial charge in [0, 0.05) is 22.9 Å². The van der Waals surface area contributed by atoms with Crippen molar-refractivity contribution in [1.82, 2.24) is 15.2 Å². The maximum Gasteiger partial charge on any atom is 0.322 e. The number of fused-ring (bicyclic) bond motifs is 1. The summed E-state index contributed by atoms with van der Waals surface area (Å²) in [5.74, 6) is -0.591. The zero-order chi connectivity index (χ0) is 25.8. The first-order chi connectivity index (χ1) is 17.8. The molecule has 1 aliphatic carbocycles. The van der Waals surface area contributed by atoms with Crippen molar-refractivity contribution in [3.63, 3.8) is 0 Å². The molecule has 0 atom stereocenters. The Balaban J connectivity index is 1.23. The average molecular weight is 500 g/mol. The van der Waals surface area contributed by atoms with Crippen molar-refractivity contribution in [1.29, 1.82) is 0 Å². The van der Waals surface area contributed by atoms with E-state index < -0.39 is 11.4 Å². The van der Waals surface area contributed by atoms with Gasteiger partial charge in [-0.25, -0.2) is 9.18 Å². The summed E-state index contributed by atoms with van der Waals surface area (Å²) in [7, 11) is 4.22. The zero-order valence-electron chi connectivity index (χ0n) is 21.1. The zero-order valence-corrected chi connectivity index (χ0v) is 21.1. The van der Waals surface area contributed by atoms with E-state index >= 15 is 4.39 Å². The topological polar surface area (TPSA) is 77.6 Å². The van der Waals surface area contributed by atoms with Crippen molar-refractivity contribution in [3.05, 3.63) is 77.7 Å². The minimum absolute atomic E-state index is 0.0865. The monoisotopic (exact) mass is 499 g/mol. The summed E-state index contributed by atoms with van der Waals surface area (Å²) in [6, 6.07) is 17.1. The Hall–Kier alpha value is -3.78. The van der Waals surface area contributed by atoms with Crippen LogP contribution in [0.3, 0.4) is 0 Å². The molecule has 1 aromatic heterocycles. The summed E-state index contributed by atoms with van der Waals surface area (Å²) in [4.78, 5) is 33.2. The number of amides is 3. The van der Waals surface area contributed by atoms with Crippen LogP contribution in [0.15, 0.2) is 60.8 Å². The molecule has 3 amide bonds. The average Bonchev–Trinajstić information content (AvgIpc) is 3.43. The summed E-state index contributed by atoms with van der Waals surface area (Å²) in [6.07, 6.45) is 5.06. The van der Waals surface area contributed by atoms with E-state index in [1.54, 1.807) is 0 Å². The van der Waals surface area contributed by atoms with Gasteiger partial charge in [-0.05, 0) is 57.0 Å². The molecule has 3 aliphatic rings. The fourth-order valence-corrected chi connectivity index (χ4v) is 6.33. The van der Waals surface area contributed by atoms with Crippen molar-refractivity contribution in [2.24, 2.45) is 0 Å². The molecule has 8 heteroatoms. The largest absolute Gasteiger partial charge is 0.330 e. The van der Waals surface area contributed by atoms with E-state index in [-0.39, 0.29) is 29.6 Å². The minimum atomic E-state index is -0.505. The first-order valence-electron chi connectivity index (χ1n) is 12.7. The van der Waals surface area contributed by atoms with E-state index in [2.05, 4.69) is 58.9 Å². The molecule has 1 saturated heterocycles. The second kappa shape index (κ2) is 8.66. The van der Waals surface area contributed by atoms with Gasteiger partial charge in [-0.15, -0.1) is 0 Å². The molecule has 2 N–H and O–H groups in total. The van der Waals surface area contributed by atoms with Gasteiger partial charge in [0.15, 0.2) is 5.82 Å². The molecule has 37 heavy (non-hydrogen) atoms. The Bertz CT molecular complexity index is 1380. The van der Waals surface area contributed by atoms with Crippen LogP contribution in [-0.2, 0) is 16.8 Å². The smallest absolute Gasteiger partial charge is 0.322 e. The molecular weight excluding hydrogens is 469 g/mol. The van der Waals surface area contributed by atoms with E-state index in [4.69, 9.17) is 0 Å². The number of pyridine rings is 1. The number of anilines is 2. The molecule has 1 spiro atoms. The van der Waals surface area contributed by atoms with Crippen LogP contribution < -0.4 is 15.5 Å². The summed E-state index contributed by atoms with van der Waals surface area (Å²) < 4.78 is 15.4. The van der Waals surface area contributed by atoms with Crippen LogP contribution in [0.25, 0.3) is 11.3 Å². The molecular formula is C29H30FN5O2. The van der Waals surface area contributed by atoms with Crippen LogP contribution in [0.4, 0.5) is 20.6 Å². The Labute approximate surface area is 215 Å². The van der Waals surface area contributed by atoms with Gasteiger partial charge < -0.3 is 10.6 Å². The molecule has 190 valence electrons. The van der Waals surface area contributed by atoms with Crippen LogP contribution in [0.5, 0.6) is 0 Å². The molecule has 0 bridgehead atoms. The first kappa shape index (κ1) is 23.6. The number of hydrogen-bond acceptors (Lipinski definition) is 4. The first-order valence-corrected chi connectivity index (χ1v) is 12.7. The van der Waals surface area contributed by atoms with E-state index in [9.17, 15) is 9.59 Å². The van der Waals surface area contributed by atoms with Crippen LogP contribution in [0.1, 0.15) is 36.8 Å². The van der Waals surface area contributed by atoms with Crippen molar-refractivity contribution in [2.75, 3.05) is 30.9 Å². The molecule has 3 aromatic rings. The Kier molecular flexibility index (Phi) is 5.53. The lowest BCUT2D eigenvalue weighted by atomic mass is 9.69. The maximum atomic E-state index is 15.4. The van der Waals surface area contributed by atoms with Crippen LogP contribution in [-0.4, -0.2) is 48.0 Å². The number of carbonyl (C=O) groups excluding carboxylic acids is 2. The molecule has 0 unspecified atom stereocenters. The second-order valence-corrected chi connectivity index (χ2v) is 10.7. The lowest BCUT2D eigenvalue weighted by Gasteiger charge is -2.48. The fourth-order valence-electron chi connectivity index (χ4n) is 6.33. The predicted molar refractivity (Wildman–Crippen MR) is 141 cm³/mol. The summed E-state index contributed by atoms with van der Waals surface area (Å²) >= 11 is 0. The molecule has 0 radical (unpaired) electrons. The maximum absolute atomic E-state index is 15.4. The van der Waals surface area contributed by atoms with Crippen LogP contribution in [0.2, 0.25) is 0 Å². The highest BCUT2D eigenvalue weighted by atomic mass is 19.1. The van der Waals surface area contributed by atoms with Crippen molar-refractivity contribution < 1.29 is 14.0 Å². The van der Waals surface area contributed by atoms with E-state index in [1.165, 1.54) is 22.7 Å². The molecule has 7 nitrogen and oxygen atoms in total. The third-order valence-corrected chi connectivity index (χ3v) is 8.47. The highest BCUT2D eigenvalue weighted by Gasteiger charge is 2.50. The molecule has 1 saturated carbocycles. The number of aromatic nitrogens is 1. The quantitative estimate of drug-likeness (QED) is 0.547. The van der Waals surface area contributed by atoms with Crippen molar-refractivity contribution >= 4 is 23.3 Å². The number of nitrogens with zero attached hydrogens (tertiary/aromatic N) is 3. The highest BCUT2D eigenvalue weighted by Crippen LogP contribution is 2.46. The van der Waals surface area contributed by atoms with Gasteiger partial charge in [0.05, 0.1) is 36.1 Å². The van der Waals surface area contributed by atoms with Gasteiger partial charge >= 0.3 is 6.03 Å². The molecule has 6 rings (SSSR count). The Morgan fingerprint density at radius 2 is 1.76 bits per heavy atom. The number of benzene rings is 2. The SMILES string of the molecule is CN(C)[C@]1(c2ccccc2)CC[C@]2(CC1)CN(c1cnc(-c3cccc4c3CC(=O)N4)cc1F)C(=O)N2. The number of rotatable bonds is 4. The Morgan fingerprint density at radius 3 is 2.46 bits per heavy atom. The number of halogens is 1. The van der Waals surface area contributed by atoms with Gasteiger partial charge in [-0.3, -0.25) is 19.6 Å². The van der Waals surface area contributed by atoms with Gasteiger partial charge in [0.2, 0.25) is 5.91 Å².